The molecule has 0 radical (unpaired) electrons. The molecule has 0 aliphatic rings. The zero-order valence-corrected chi connectivity index (χ0v) is 16.9. The maximum Gasteiger partial charge on any atom is 0.269 e. The van der Waals surface area contributed by atoms with E-state index in [0.717, 1.165) is 18.7 Å². The number of amides is 1. The molecule has 0 bridgehead atoms. The monoisotopic (exact) mass is 425 g/mol. The molecule has 9 heteroatoms. The maximum absolute atomic E-state index is 12.4. The molecule has 0 fully saturated rings. The number of nitrogens with zero attached hydrogens (tertiary/aromatic N) is 3. The third-order valence-corrected chi connectivity index (χ3v) is 4.49. The summed E-state index contributed by atoms with van der Waals surface area (Å²) in [6.07, 6.45) is 3.60. The number of rotatable bonds is 11. The van der Waals surface area contributed by atoms with Crippen LogP contribution >= 0.6 is 23.2 Å². The number of hydrogen-bond donors (Lipinski definition) is 1. The van der Waals surface area contributed by atoms with E-state index in [-0.39, 0.29) is 11.6 Å². The number of pyridine rings is 1. The van der Waals surface area contributed by atoms with Gasteiger partial charge in [-0.05, 0) is 18.2 Å². The molecule has 1 aromatic carbocycles. The van der Waals surface area contributed by atoms with Crippen molar-refractivity contribution in [2.24, 2.45) is 0 Å². The Morgan fingerprint density at radius 3 is 2.39 bits per heavy atom. The molecule has 1 amide bonds. The molecule has 2 rings (SSSR count). The zero-order chi connectivity index (χ0) is 20.4. The van der Waals surface area contributed by atoms with Gasteiger partial charge in [-0.15, -0.1) is 23.2 Å². The van der Waals surface area contributed by atoms with Crippen molar-refractivity contribution >= 4 is 34.8 Å². The smallest absolute Gasteiger partial charge is 0.269 e. The van der Waals surface area contributed by atoms with Crippen LogP contribution in [0.25, 0.3) is 0 Å². The number of halogens is 2. The first-order valence-corrected chi connectivity index (χ1v) is 9.95. The molecular formula is C19H23Cl2N4O3+. The number of non-ortho nitro benzene ring substituents is 1. The molecule has 2 aromatic rings. The van der Waals surface area contributed by atoms with Gasteiger partial charge < -0.3 is 5.32 Å². The van der Waals surface area contributed by atoms with Gasteiger partial charge in [0.15, 0.2) is 18.9 Å². The van der Waals surface area contributed by atoms with Crippen LogP contribution in [0.1, 0.15) is 15.9 Å². The number of aromatic nitrogens is 1. The molecule has 1 heterocycles. The highest BCUT2D eigenvalue weighted by Gasteiger charge is 2.12. The van der Waals surface area contributed by atoms with Crippen LogP contribution < -0.4 is 9.88 Å². The third kappa shape index (κ3) is 7.07. The van der Waals surface area contributed by atoms with Crippen molar-refractivity contribution in [3.05, 3.63) is 70.0 Å². The van der Waals surface area contributed by atoms with Crippen LogP contribution in [0.15, 0.2) is 48.8 Å². The molecule has 150 valence electrons. The molecule has 0 atom stereocenters. The molecule has 0 unspecified atom stereocenters. The van der Waals surface area contributed by atoms with E-state index in [2.05, 4.69) is 10.2 Å². The van der Waals surface area contributed by atoms with Gasteiger partial charge >= 0.3 is 0 Å². The summed E-state index contributed by atoms with van der Waals surface area (Å²) in [5, 5.41) is 13.6. The normalized spacial score (nSPS) is 10.8. The van der Waals surface area contributed by atoms with Gasteiger partial charge in [0.05, 0.1) is 4.92 Å². The zero-order valence-electron chi connectivity index (χ0n) is 15.4. The number of nitro groups is 1. The van der Waals surface area contributed by atoms with Crippen molar-refractivity contribution in [1.29, 1.82) is 0 Å². The first kappa shape index (κ1) is 22.1. The van der Waals surface area contributed by atoms with Gasteiger partial charge in [-0.3, -0.25) is 19.8 Å². The first-order chi connectivity index (χ1) is 13.5. The minimum atomic E-state index is -0.427. The highest BCUT2D eigenvalue weighted by atomic mass is 35.5. The lowest BCUT2D eigenvalue weighted by Crippen LogP contribution is -2.38. The fourth-order valence-corrected chi connectivity index (χ4v) is 3.17. The van der Waals surface area contributed by atoms with Crippen LogP contribution in [-0.4, -0.2) is 53.7 Å². The second kappa shape index (κ2) is 11.6. The first-order valence-electron chi connectivity index (χ1n) is 8.88. The number of carbonyl (C=O) groups is 1. The van der Waals surface area contributed by atoms with E-state index in [0.29, 0.717) is 37.0 Å². The van der Waals surface area contributed by atoms with Gasteiger partial charge in [0.25, 0.3) is 11.6 Å². The van der Waals surface area contributed by atoms with Crippen molar-refractivity contribution in [1.82, 2.24) is 10.2 Å². The van der Waals surface area contributed by atoms with Crippen LogP contribution in [0.3, 0.4) is 0 Å². The number of nitrogens with one attached hydrogen (secondary N) is 1. The Morgan fingerprint density at radius 1 is 1.11 bits per heavy atom. The van der Waals surface area contributed by atoms with Gasteiger partial charge in [0.1, 0.15) is 5.56 Å². The Labute approximate surface area is 174 Å². The topological polar surface area (TPSA) is 79.4 Å². The van der Waals surface area contributed by atoms with E-state index in [4.69, 9.17) is 23.2 Å². The van der Waals surface area contributed by atoms with Crippen LogP contribution in [-0.2, 0) is 6.54 Å². The molecule has 0 aliphatic heterocycles. The summed E-state index contributed by atoms with van der Waals surface area (Å²) in [5.41, 5.74) is 1.51. The Hall–Kier alpha value is -2.22. The third-order valence-electron chi connectivity index (χ3n) is 4.15. The average Bonchev–Trinajstić information content (AvgIpc) is 2.69. The fourth-order valence-electron chi connectivity index (χ4n) is 2.69. The lowest BCUT2D eigenvalue weighted by atomic mass is 10.2. The maximum atomic E-state index is 12.4. The number of alkyl halides is 2. The SMILES string of the molecule is O=C(NCCN(CCCl)CCCl)c1ccc[n+](Cc2ccc([N+](=O)[O-])cc2)c1. The summed E-state index contributed by atoms with van der Waals surface area (Å²) in [6.45, 7) is 3.15. The van der Waals surface area contributed by atoms with Gasteiger partial charge in [0.2, 0.25) is 0 Å². The summed E-state index contributed by atoms with van der Waals surface area (Å²) in [7, 11) is 0. The molecule has 7 nitrogen and oxygen atoms in total. The molecule has 0 spiro atoms. The summed E-state index contributed by atoms with van der Waals surface area (Å²) in [4.78, 5) is 24.8. The van der Waals surface area contributed by atoms with Crippen molar-refractivity contribution in [2.75, 3.05) is 37.9 Å². The van der Waals surface area contributed by atoms with Crippen LogP contribution in [0.4, 0.5) is 5.69 Å². The second-order valence-corrected chi connectivity index (χ2v) is 6.92. The van der Waals surface area contributed by atoms with Crippen molar-refractivity contribution in [2.45, 2.75) is 6.54 Å². The Kier molecular flexibility index (Phi) is 9.13. The van der Waals surface area contributed by atoms with E-state index >= 15 is 0 Å². The quantitative estimate of drug-likeness (QED) is 0.259. The Bertz CT molecular complexity index is 781. The number of benzene rings is 1. The van der Waals surface area contributed by atoms with Gasteiger partial charge in [-0.1, -0.05) is 0 Å². The summed E-state index contributed by atoms with van der Waals surface area (Å²) < 4.78 is 1.86. The van der Waals surface area contributed by atoms with Crippen LogP contribution in [0.5, 0.6) is 0 Å². The van der Waals surface area contributed by atoms with Crippen molar-refractivity contribution in [3.8, 4) is 0 Å². The molecule has 0 saturated heterocycles. The highest BCUT2D eigenvalue weighted by Crippen LogP contribution is 2.11. The van der Waals surface area contributed by atoms with E-state index < -0.39 is 4.92 Å². The molecular weight excluding hydrogens is 403 g/mol. The average molecular weight is 426 g/mol. The molecule has 28 heavy (non-hydrogen) atoms. The largest absolute Gasteiger partial charge is 0.351 e. The molecule has 1 N–H and O–H groups in total. The van der Waals surface area contributed by atoms with Crippen LogP contribution in [0, 0.1) is 10.1 Å². The number of nitro benzene ring substituents is 1. The summed E-state index contributed by atoms with van der Waals surface area (Å²) in [5.74, 6) is 0.882. The molecule has 0 aliphatic carbocycles. The standard InChI is InChI=1S/C19H22Cl2N4O3/c20-7-11-23(12-8-21)13-9-22-19(26)17-2-1-10-24(15-17)14-16-3-5-18(6-4-16)25(27)28/h1-6,10,15H,7-9,11-14H2/p+1. The lowest BCUT2D eigenvalue weighted by molar-refractivity contribution is -0.688. The minimum absolute atomic E-state index is 0.0549. The second-order valence-electron chi connectivity index (χ2n) is 6.16. The predicted molar refractivity (Wildman–Crippen MR) is 109 cm³/mol. The van der Waals surface area contributed by atoms with Crippen LogP contribution in [0.2, 0.25) is 0 Å². The van der Waals surface area contributed by atoms with Crippen molar-refractivity contribution < 1.29 is 14.3 Å². The van der Waals surface area contributed by atoms with Crippen molar-refractivity contribution in [3.63, 3.8) is 0 Å². The Balaban J connectivity index is 1.92. The summed E-state index contributed by atoms with van der Waals surface area (Å²) in [6, 6.07) is 9.91. The Morgan fingerprint density at radius 2 is 1.79 bits per heavy atom. The van der Waals surface area contributed by atoms with E-state index in [1.54, 1.807) is 30.5 Å². The highest BCUT2D eigenvalue weighted by molar-refractivity contribution is 6.18. The molecule has 1 aromatic heterocycles. The van der Waals surface area contributed by atoms with Gasteiger partial charge in [0, 0.05) is 61.7 Å². The predicted octanol–water partition coefficient (Wildman–Crippen LogP) is 2.44. The number of carbonyl (C=O) groups excluding carboxylic acids is 1. The number of hydrogen-bond acceptors (Lipinski definition) is 4. The van der Waals surface area contributed by atoms with E-state index in [1.165, 1.54) is 12.1 Å². The lowest BCUT2D eigenvalue weighted by Gasteiger charge is -2.19. The molecule has 0 saturated carbocycles. The van der Waals surface area contributed by atoms with E-state index in [1.807, 2.05) is 10.8 Å². The van der Waals surface area contributed by atoms with Gasteiger partial charge in [-0.25, -0.2) is 0 Å². The minimum Gasteiger partial charge on any atom is -0.351 e. The van der Waals surface area contributed by atoms with E-state index in [9.17, 15) is 14.9 Å². The fraction of sp³-hybridized carbons (Fsp3) is 0.368. The summed E-state index contributed by atoms with van der Waals surface area (Å²) >= 11 is 11.5. The van der Waals surface area contributed by atoms with Gasteiger partial charge in [-0.2, -0.15) is 4.57 Å².